The maximum atomic E-state index is 12.7. The molecule has 7 nitrogen and oxygen atoms in total. The molecule has 1 aliphatic carbocycles. The highest BCUT2D eigenvalue weighted by molar-refractivity contribution is 7.89. The summed E-state index contributed by atoms with van der Waals surface area (Å²) in [4.78, 5) is 12.4. The van der Waals surface area contributed by atoms with Crippen molar-refractivity contribution < 1.29 is 27.4 Å². The van der Waals surface area contributed by atoms with E-state index in [1.165, 1.54) is 6.07 Å². The number of halogens is 3. The van der Waals surface area contributed by atoms with Crippen LogP contribution in [0.4, 0.5) is 0 Å². The zero-order valence-corrected chi connectivity index (χ0v) is 18.5. The normalized spacial score (nSPS) is 16.0. The van der Waals surface area contributed by atoms with Gasteiger partial charge in [0.1, 0.15) is 17.3 Å². The summed E-state index contributed by atoms with van der Waals surface area (Å²) in [5.74, 6) is -0.266. The van der Waals surface area contributed by atoms with E-state index < -0.39 is 16.0 Å². The van der Waals surface area contributed by atoms with Gasteiger partial charge in [0.25, 0.3) is 0 Å². The third-order valence-corrected chi connectivity index (χ3v) is 7.06. The largest absolute Gasteiger partial charge is 0.467 e. The minimum Gasteiger partial charge on any atom is -0.467 e. The fraction of sp³-hybridized carbons (Fsp3) is 0.316. The Morgan fingerprint density at radius 2 is 1.90 bits per heavy atom. The van der Waals surface area contributed by atoms with Gasteiger partial charge in [0.15, 0.2) is 6.79 Å². The van der Waals surface area contributed by atoms with E-state index >= 15 is 0 Å². The summed E-state index contributed by atoms with van der Waals surface area (Å²) in [6.45, 7) is 0.256. The minimum absolute atomic E-state index is 0.0202. The van der Waals surface area contributed by atoms with Crippen molar-refractivity contribution in [2.75, 3.05) is 6.79 Å². The summed E-state index contributed by atoms with van der Waals surface area (Å²) in [6.07, 6.45) is 1.52. The van der Waals surface area contributed by atoms with E-state index in [0.29, 0.717) is 22.9 Å². The molecule has 0 amide bonds. The molecule has 4 rings (SSSR count). The van der Waals surface area contributed by atoms with Crippen LogP contribution in [0.15, 0.2) is 29.2 Å². The first-order chi connectivity index (χ1) is 14.2. The number of hydrogen-bond acceptors (Lipinski definition) is 6. The second-order valence-electron chi connectivity index (χ2n) is 6.90. The molecular formula is C19H16Cl3NO6S. The molecule has 1 saturated carbocycles. The predicted octanol–water partition coefficient (Wildman–Crippen LogP) is 4.31. The standard InChI is InChI=1S/C19H16Cl3NO6S/c20-12-3-10-7-27-9-29-18(10)11(4-12)8-28-19(24)14-5-17(16(22)6-15(14)21)30(25,26)23-13-1-2-13/h3-6,13,23H,1-2,7-9H2. The van der Waals surface area contributed by atoms with Crippen LogP contribution >= 0.6 is 34.8 Å². The van der Waals surface area contributed by atoms with Gasteiger partial charge in [0.05, 0.1) is 22.2 Å². The average molecular weight is 493 g/mol. The van der Waals surface area contributed by atoms with Crippen LogP contribution in [0.2, 0.25) is 15.1 Å². The quantitative estimate of drug-likeness (QED) is 0.604. The monoisotopic (exact) mass is 491 g/mol. The van der Waals surface area contributed by atoms with Crippen molar-refractivity contribution >= 4 is 50.8 Å². The Morgan fingerprint density at radius 1 is 1.13 bits per heavy atom. The topological polar surface area (TPSA) is 90.9 Å². The van der Waals surface area contributed by atoms with Crippen LogP contribution in [0.1, 0.15) is 34.3 Å². The number of fused-ring (bicyclic) bond motifs is 1. The third kappa shape index (κ3) is 4.69. The Bertz CT molecular complexity index is 1120. The highest BCUT2D eigenvalue weighted by atomic mass is 35.5. The van der Waals surface area contributed by atoms with Crippen molar-refractivity contribution in [2.24, 2.45) is 0 Å². The van der Waals surface area contributed by atoms with Gasteiger partial charge in [-0.25, -0.2) is 17.9 Å². The van der Waals surface area contributed by atoms with Gasteiger partial charge in [-0.1, -0.05) is 34.8 Å². The van der Waals surface area contributed by atoms with Gasteiger partial charge >= 0.3 is 5.97 Å². The first-order valence-corrected chi connectivity index (χ1v) is 11.6. The molecule has 0 aromatic heterocycles. The van der Waals surface area contributed by atoms with Gasteiger partial charge in [0.2, 0.25) is 10.0 Å². The molecule has 1 heterocycles. The van der Waals surface area contributed by atoms with Crippen LogP contribution in [-0.2, 0) is 32.7 Å². The number of rotatable bonds is 6. The fourth-order valence-electron chi connectivity index (χ4n) is 2.96. The molecule has 11 heteroatoms. The average Bonchev–Trinajstić information content (AvgIpc) is 3.48. The van der Waals surface area contributed by atoms with E-state index in [9.17, 15) is 13.2 Å². The maximum Gasteiger partial charge on any atom is 0.340 e. The Labute approximate surface area is 188 Å². The number of carbonyl (C=O) groups is 1. The van der Waals surface area contributed by atoms with Crippen molar-refractivity contribution in [3.8, 4) is 5.75 Å². The third-order valence-electron chi connectivity index (χ3n) is 4.54. The Kier molecular flexibility index (Phi) is 6.16. The Balaban J connectivity index is 1.57. The molecule has 1 aliphatic heterocycles. The second kappa shape index (κ2) is 8.53. The van der Waals surface area contributed by atoms with Crippen molar-refractivity contribution in [2.45, 2.75) is 37.0 Å². The van der Waals surface area contributed by atoms with Crippen molar-refractivity contribution in [1.82, 2.24) is 4.72 Å². The summed E-state index contributed by atoms with van der Waals surface area (Å²) in [5.41, 5.74) is 1.18. The highest BCUT2D eigenvalue weighted by Crippen LogP contribution is 2.34. The summed E-state index contributed by atoms with van der Waals surface area (Å²) in [6, 6.07) is 5.55. The summed E-state index contributed by atoms with van der Waals surface area (Å²) >= 11 is 18.3. The molecule has 0 saturated heterocycles. The van der Waals surface area contributed by atoms with Crippen LogP contribution in [0.5, 0.6) is 5.75 Å². The lowest BCUT2D eigenvalue weighted by Crippen LogP contribution is -2.26. The predicted molar refractivity (Wildman–Crippen MR) is 111 cm³/mol. The van der Waals surface area contributed by atoms with E-state index in [1.54, 1.807) is 12.1 Å². The number of benzene rings is 2. The van der Waals surface area contributed by atoms with Crippen molar-refractivity contribution in [3.63, 3.8) is 0 Å². The number of esters is 1. The number of sulfonamides is 1. The molecule has 2 aliphatic rings. The summed E-state index contributed by atoms with van der Waals surface area (Å²) < 4.78 is 43.7. The molecule has 2 aromatic rings. The Morgan fingerprint density at radius 3 is 2.63 bits per heavy atom. The molecule has 160 valence electrons. The molecule has 0 spiro atoms. The first kappa shape index (κ1) is 21.7. The fourth-order valence-corrected chi connectivity index (χ4v) is 5.38. The lowest BCUT2D eigenvalue weighted by atomic mass is 10.1. The number of carbonyl (C=O) groups excluding carboxylic acids is 1. The molecule has 0 radical (unpaired) electrons. The van der Waals surface area contributed by atoms with Gasteiger partial charge in [-0.2, -0.15) is 0 Å². The molecule has 0 atom stereocenters. The number of nitrogens with one attached hydrogen (secondary N) is 1. The molecule has 30 heavy (non-hydrogen) atoms. The van der Waals surface area contributed by atoms with Gasteiger partial charge in [-0.05, 0) is 37.1 Å². The highest BCUT2D eigenvalue weighted by Gasteiger charge is 2.30. The Hall–Kier alpha value is -1.55. The molecular weight excluding hydrogens is 477 g/mol. The van der Waals surface area contributed by atoms with E-state index in [1.807, 2.05) is 0 Å². The van der Waals surface area contributed by atoms with Crippen LogP contribution in [-0.4, -0.2) is 27.2 Å². The van der Waals surface area contributed by atoms with Crippen LogP contribution < -0.4 is 9.46 Å². The summed E-state index contributed by atoms with van der Waals surface area (Å²) in [7, 11) is -3.88. The van der Waals surface area contributed by atoms with Crippen LogP contribution in [0.25, 0.3) is 0 Å². The molecule has 1 fully saturated rings. The SMILES string of the molecule is O=C(OCc1cc(Cl)cc2c1OCOC2)c1cc(S(=O)(=O)NC2CC2)c(Cl)cc1Cl. The molecule has 2 aromatic carbocycles. The zero-order chi connectivity index (χ0) is 21.5. The molecule has 0 bridgehead atoms. The maximum absolute atomic E-state index is 12.7. The number of hydrogen-bond donors (Lipinski definition) is 1. The van der Waals surface area contributed by atoms with Crippen molar-refractivity contribution in [3.05, 3.63) is 56.0 Å². The molecule has 0 unspecified atom stereocenters. The van der Waals surface area contributed by atoms with Gasteiger partial charge in [-0.3, -0.25) is 0 Å². The van der Waals surface area contributed by atoms with Gasteiger partial charge in [-0.15, -0.1) is 0 Å². The van der Waals surface area contributed by atoms with Crippen molar-refractivity contribution in [1.29, 1.82) is 0 Å². The molecule has 1 N–H and O–H groups in total. The van der Waals surface area contributed by atoms with Gasteiger partial charge < -0.3 is 14.2 Å². The summed E-state index contributed by atoms with van der Waals surface area (Å²) in [5, 5.41) is 0.341. The smallest absolute Gasteiger partial charge is 0.340 e. The van der Waals surface area contributed by atoms with E-state index in [0.717, 1.165) is 24.5 Å². The minimum atomic E-state index is -3.88. The van der Waals surface area contributed by atoms with Crippen LogP contribution in [0.3, 0.4) is 0 Å². The first-order valence-electron chi connectivity index (χ1n) is 8.95. The zero-order valence-electron chi connectivity index (χ0n) is 15.4. The van der Waals surface area contributed by atoms with Gasteiger partial charge in [0, 0.05) is 22.2 Å². The lowest BCUT2D eigenvalue weighted by Gasteiger charge is -2.21. The van der Waals surface area contributed by atoms with E-state index in [2.05, 4.69) is 4.72 Å². The van der Waals surface area contributed by atoms with E-state index in [4.69, 9.17) is 49.0 Å². The number of ether oxygens (including phenoxy) is 3. The second-order valence-corrected chi connectivity index (χ2v) is 9.83. The lowest BCUT2D eigenvalue weighted by molar-refractivity contribution is -0.0180. The van der Waals surface area contributed by atoms with Crippen LogP contribution in [0, 0.1) is 0 Å². The van der Waals surface area contributed by atoms with E-state index in [-0.39, 0.29) is 39.9 Å².